The highest BCUT2D eigenvalue weighted by atomic mass is 16.5. The first-order chi connectivity index (χ1) is 18.6. The van der Waals surface area contributed by atoms with Gasteiger partial charge < -0.3 is 14.2 Å². The fourth-order valence-corrected chi connectivity index (χ4v) is 3.17. The van der Waals surface area contributed by atoms with Crippen LogP contribution < -0.4 is 17.1 Å². The standard InChI is InChI=1S/C27H33N3O9/c1-7-13-19(37-22(31)10-4)16-28-25(34)29(17-20(14-8-2)38-23(32)11-5)27(36)30(26(28)35)18-21(15-9-3)39-24(33)12-6/h10-15H,4-9,16-18H2,1-3H3. The minimum atomic E-state index is -1.06. The van der Waals surface area contributed by atoms with E-state index in [2.05, 4.69) is 19.7 Å². The second-order valence-electron chi connectivity index (χ2n) is 7.72. The molecule has 12 heteroatoms. The molecular weight excluding hydrogens is 510 g/mol. The van der Waals surface area contributed by atoms with E-state index in [9.17, 15) is 28.8 Å². The van der Waals surface area contributed by atoms with E-state index in [1.807, 2.05) is 0 Å². The van der Waals surface area contributed by atoms with Crippen molar-refractivity contribution in [2.45, 2.75) is 59.7 Å². The van der Waals surface area contributed by atoms with Crippen molar-refractivity contribution in [3.05, 3.63) is 105 Å². The van der Waals surface area contributed by atoms with Crippen LogP contribution in [0.3, 0.4) is 0 Å². The summed E-state index contributed by atoms with van der Waals surface area (Å²) in [6.07, 6.45) is 8.37. The molecular formula is C27H33N3O9. The zero-order chi connectivity index (χ0) is 29.5. The Morgan fingerprint density at radius 3 is 0.974 bits per heavy atom. The Morgan fingerprint density at radius 1 is 0.564 bits per heavy atom. The van der Waals surface area contributed by atoms with Crippen LogP contribution in [0.5, 0.6) is 0 Å². The second kappa shape index (κ2) is 16.2. The molecule has 0 saturated heterocycles. The highest BCUT2D eigenvalue weighted by molar-refractivity contribution is 5.82. The number of allylic oxidation sites excluding steroid dienone is 6. The first-order valence-corrected chi connectivity index (χ1v) is 12.1. The van der Waals surface area contributed by atoms with Crippen molar-refractivity contribution in [1.82, 2.24) is 13.7 Å². The van der Waals surface area contributed by atoms with E-state index in [0.717, 1.165) is 18.2 Å². The summed E-state index contributed by atoms with van der Waals surface area (Å²) in [6.45, 7) is 13.7. The number of nitrogens with zero attached hydrogens (tertiary/aromatic N) is 3. The van der Waals surface area contributed by atoms with Gasteiger partial charge in [0, 0.05) is 18.2 Å². The summed E-state index contributed by atoms with van der Waals surface area (Å²) in [5.74, 6) is -2.56. The number of carbonyl (C=O) groups excluding carboxylic acids is 3. The third kappa shape index (κ3) is 9.58. The third-order valence-electron chi connectivity index (χ3n) is 4.82. The van der Waals surface area contributed by atoms with E-state index < -0.39 is 54.6 Å². The lowest BCUT2D eigenvalue weighted by Crippen LogP contribution is -2.55. The number of ether oxygens (including phenoxy) is 3. The average molecular weight is 544 g/mol. The van der Waals surface area contributed by atoms with Crippen molar-refractivity contribution >= 4 is 17.9 Å². The lowest BCUT2D eigenvalue weighted by atomic mass is 10.3. The first kappa shape index (κ1) is 32.3. The molecule has 0 fully saturated rings. The van der Waals surface area contributed by atoms with Gasteiger partial charge in [-0.05, 0) is 37.5 Å². The van der Waals surface area contributed by atoms with Crippen LogP contribution in [-0.4, -0.2) is 31.6 Å². The molecule has 0 atom stereocenters. The van der Waals surface area contributed by atoms with Crippen LogP contribution in [0.1, 0.15) is 40.0 Å². The minimum absolute atomic E-state index is 0.0387. The number of hydrogen-bond donors (Lipinski definition) is 0. The Morgan fingerprint density at radius 2 is 0.795 bits per heavy atom. The van der Waals surface area contributed by atoms with Crippen LogP contribution >= 0.6 is 0 Å². The van der Waals surface area contributed by atoms with E-state index in [0.29, 0.717) is 33.0 Å². The number of hydrogen-bond acceptors (Lipinski definition) is 9. The zero-order valence-corrected chi connectivity index (χ0v) is 22.3. The van der Waals surface area contributed by atoms with Gasteiger partial charge in [0.05, 0.1) is 19.6 Å². The van der Waals surface area contributed by atoms with E-state index in [4.69, 9.17) is 14.2 Å². The molecule has 0 spiro atoms. The largest absolute Gasteiger partial charge is 0.426 e. The van der Waals surface area contributed by atoms with Crippen LogP contribution in [0.15, 0.2) is 87.9 Å². The number of aromatic nitrogens is 3. The molecule has 0 aliphatic carbocycles. The SMILES string of the molecule is C=CC(=O)OC(=CCC)Cn1c(=O)n(CC(=CCC)OC(=O)C=C)c(=O)n(CC(=CCC)OC(=O)C=C)c1=O. The fourth-order valence-electron chi connectivity index (χ4n) is 3.17. The Balaban J connectivity index is 3.90. The predicted molar refractivity (Wildman–Crippen MR) is 143 cm³/mol. The van der Waals surface area contributed by atoms with Crippen LogP contribution in [0, 0.1) is 0 Å². The van der Waals surface area contributed by atoms with Gasteiger partial charge in [-0.15, -0.1) is 0 Å². The van der Waals surface area contributed by atoms with Crippen LogP contribution in [0.4, 0.5) is 0 Å². The Kier molecular flexibility index (Phi) is 13.4. The average Bonchev–Trinajstić information content (AvgIpc) is 2.91. The van der Waals surface area contributed by atoms with Crippen LogP contribution in [-0.2, 0) is 48.2 Å². The van der Waals surface area contributed by atoms with E-state index in [1.54, 1.807) is 20.8 Å². The molecule has 1 aromatic heterocycles. The summed E-state index contributed by atoms with van der Waals surface area (Å²) < 4.78 is 17.5. The molecule has 0 aromatic carbocycles. The Bertz CT molecular complexity index is 1190. The summed E-state index contributed by atoms with van der Waals surface area (Å²) in [7, 11) is 0. The smallest absolute Gasteiger partial charge is 0.337 e. The minimum Gasteiger partial charge on any atom is -0.426 e. The summed E-state index contributed by atoms with van der Waals surface area (Å²) in [6, 6.07) is 0. The molecule has 0 saturated carbocycles. The molecule has 0 radical (unpaired) electrons. The Hall–Kier alpha value is -4.74. The van der Waals surface area contributed by atoms with Crippen molar-refractivity contribution in [2.24, 2.45) is 0 Å². The maximum absolute atomic E-state index is 13.4. The summed E-state index contributed by atoms with van der Waals surface area (Å²) in [5.41, 5.74) is -3.17. The number of esters is 3. The molecule has 210 valence electrons. The molecule has 0 aliphatic heterocycles. The summed E-state index contributed by atoms with van der Waals surface area (Å²) in [5, 5.41) is 0. The molecule has 0 N–H and O–H groups in total. The van der Waals surface area contributed by atoms with Gasteiger partial charge in [0.15, 0.2) is 0 Å². The zero-order valence-electron chi connectivity index (χ0n) is 22.3. The van der Waals surface area contributed by atoms with Gasteiger partial charge in [0.2, 0.25) is 0 Å². The number of rotatable bonds is 15. The lowest BCUT2D eigenvalue weighted by molar-refractivity contribution is -0.135. The molecule has 0 aliphatic rings. The molecule has 0 amide bonds. The monoisotopic (exact) mass is 543 g/mol. The first-order valence-electron chi connectivity index (χ1n) is 12.1. The molecule has 0 unspecified atom stereocenters. The van der Waals surface area contributed by atoms with Gasteiger partial charge in [-0.1, -0.05) is 40.5 Å². The molecule has 1 aromatic rings. The maximum atomic E-state index is 13.4. The molecule has 1 heterocycles. The van der Waals surface area contributed by atoms with Gasteiger partial charge in [-0.2, -0.15) is 0 Å². The van der Waals surface area contributed by atoms with Crippen molar-refractivity contribution in [3.63, 3.8) is 0 Å². The van der Waals surface area contributed by atoms with Gasteiger partial charge in [0.1, 0.15) is 17.3 Å². The summed E-state index contributed by atoms with van der Waals surface area (Å²) >= 11 is 0. The Labute approximate surface area is 225 Å². The molecule has 1 rings (SSSR count). The van der Waals surface area contributed by atoms with Gasteiger partial charge in [-0.3, -0.25) is 0 Å². The molecule has 0 bridgehead atoms. The van der Waals surface area contributed by atoms with E-state index >= 15 is 0 Å². The topological polar surface area (TPSA) is 145 Å². The van der Waals surface area contributed by atoms with Gasteiger partial charge in [0.25, 0.3) is 0 Å². The normalized spacial score (nSPS) is 11.9. The van der Waals surface area contributed by atoms with Gasteiger partial charge in [-0.25, -0.2) is 42.5 Å². The number of carbonyl (C=O) groups is 3. The van der Waals surface area contributed by atoms with Crippen molar-refractivity contribution < 1.29 is 28.6 Å². The second-order valence-corrected chi connectivity index (χ2v) is 7.72. The molecule has 39 heavy (non-hydrogen) atoms. The third-order valence-corrected chi connectivity index (χ3v) is 4.82. The van der Waals surface area contributed by atoms with Crippen LogP contribution in [0.2, 0.25) is 0 Å². The van der Waals surface area contributed by atoms with E-state index in [-0.39, 0.29) is 17.3 Å². The van der Waals surface area contributed by atoms with Crippen LogP contribution in [0.25, 0.3) is 0 Å². The van der Waals surface area contributed by atoms with E-state index in [1.165, 1.54) is 18.2 Å². The highest BCUT2D eigenvalue weighted by Gasteiger charge is 2.21. The van der Waals surface area contributed by atoms with Gasteiger partial charge >= 0.3 is 35.0 Å². The van der Waals surface area contributed by atoms with Crippen molar-refractivity contribution in [3.8, 4) is 0 Å². The quantitative estimate of drug-likeness (QED) is 0.141. The van der Waals surface area contributed by atoms with Crippen molar-refractivity contribution in [1.29, 1.82) is 0 Å². The maximum Gasteiger partial charge on any atom is 0.337 e. The van der Waals surface area contributed by atoms with Crippen molar-refractivity contribution in [2.75, 3.05) is 0 Å². The lowest BCUT2D eigenvalue weighted by Gasteiger charge is -2.17. The highest BCUT2D eigenvalue weighted by Crippen LogP contribution is 2.06. The molecule has 12 nitrogen and oxygen atoms in total. The fraction of sp³-hybridized carbons (Fsp3) is 0.333. The summed E-state index contributed by atoms with van der Waals surface area (Å²) in [4.78, 5) is 75.7. The predicted octanol–water partition coefficient (Wildman–Crippen LogP) is 2.24.